The first kappa shape index (κ1) is 25.5. The molecule has 1 amide bonds. The van der Waals surface area contributed by atoms with Crippen molar-refractivity contribution in [2.45, 2.75) is 24.8 Å². The van der Waals surface area contributed by atoms with Gasteiger partial charge in [0.25, 0.3) is 10.0 Å². The number of hydrogen-bond acceptors (Lipinski definition) is 3. The third kappa shape index (κ3) is 5.96. The predicted molar refractivity (Wildman–Crippen MR) is 145 cm³/mol. The third-order valence-corrected chi connectivity index (χ3v) is 7.86. The predicted octanol–water partition coefficient (Wildman–Crippen LogP) is 6.06. The molecular weight excluding hydrogens is 492 g/mol. The number of halogens is 1. The van der Waals surface area contributed by atoms with E-state index in [0.717, 1.165) is 26.6 Å². The van der Waals surface area contributed by atoms with Gasteiger partial charge in [-0.05, 0) is 55.3 Å². The van der Waals surface area contributed by atoms with Gasteiger partial charge in [0.2, 0.25) is 5.91 Å². The molecule has 0 aliphatic heterocycles. The molecule has 4 aromatic carbocycles. The molecule has 1 N–H and O–H groups in total. The second-order valence-corrected chi connectivity index (χ2v) is 10.9. The summed E-state index contributed by atoms with van der Waals surface area (Å²) in [6.07, 6.45) is 0. The lowest BCUT2D eigenvalue weighted by atomic mass is 9.98. The average molecular weight is 519 g/mol. The van der Waals surface area contributed by atoms with Crippen LogP contribution < -0.4 is 9.62 Å². The van der Waals surface area contributed by atoms with Gasteiger partial charge >= 0.3 is 0 Å². The van der Waals surface area contributed by atoms with Gasteiger partial charge in [0.15, 0.2) is 0 Å². The Balaban J connectivity index is 1.68. The molecule has 7 heteroatoms. The lowest BCUT2D eigenvalue weighted by Crippen LogP contribution is -2.42. The van der Waals surface area contributed by atoms with Gasteiger partial charge in [-0.15, -0.1) is 0 Å². The van der Waals surface area contributed by atoms with E-state index in [0.29, 0.717) is 10.7 Å². The van der Waals surface area contributed by atoms with Crippen LogP contribution in [0.25, 0.3) is 0 Å². The zero-order valence-electron chi connectivity index (χ0n) is 20.1. The number of anilines is 1. The van der Waals surface area contributed by atoms with Crippen LogP contribution in [0.1, 0.15) is 28.3 Å². The summed E-state index contributed by atoms with van der Waals surface area (Å²) in [5.74, 6) is -0.444. The first-order valence-electron chi connectivity index (χ1n) is 11.5. The number of hydrogen-bond donors (Lipinski definition) is 1. The van der Waals surface area contributed by atoms with Crippen molar-refractivity contribution in [1.82, 2.24) is 5.32 Å². The molecule has 1 atom stereocenters. The largest absolute Gasteiger partial charge is 0.344 e. The molecule has 0 bridgehead atoms. The van der Waals surface area contributed by atoms with E-state index in [2.05, 4.69) is 5.32 Å². The SMILES string of the molecule is Cc1ccc([C@@H](NC(=O)CN(c2cccc(Cl)c2)S(=O)(=O)c2ccc(C)cc2)c2ccccc2)cc1. The standard InChI is InChI=1S/C29H27ClN2O3S/c1-21-11-15-24(16-12-21)29(23-7-4-3-5-8-23)31-28(33)20-32(26-10-6-9-25(30)19-26)36(34,35)27-17-13-22(2)14-18-27/h3-19,29H,20H2,1-2H3,(H,31,33)/t29-/m0/s1. The maximum absolute atomic E-state index is 13.7. The summed E-state index contributed by atoms with van der Waals surface area (Å²) >= 11 is 6.18. The molecule has 0 aliphatic carbocycles. The van der Waals surface area contributed by atoms with Crippen LogP contribution in [-0.4, -0.2) is 20.9 Å². The number of sulfonamides is 1. The summed E-state index contributed by atoms with van der Waals surface area (Å²) in [4.78, 5) is 13.5. The number of carbonyl (C=O) groups is 1. The van der Waals surface area contributed by atoms with Gasteiger partial charge in [-0.2, -0.15) is 0 Å². The van der Waals surface area contributed by atoms with Gasteiger partial charge in [-0.3, -0.25) is 9.10 Å². The summed E-state index contributed by atoms with van der Waals surface area (Å²) in [6, 6.07) is 30.1. The molecule has 0 radical (unpaired) electrons. The van der Waals surface area contributed by atoms with Crippen LogP contribution in [0.4, 0.5) is 5.69 Å². The summed E-state index contributed by atoms with van der Waals surface area (Å²) in [5.41, 5.74) is 4.14. The molecule has 0 unspecified atom stereocenters. The smallest absolute Gasteiger partial charge is 0.264 e. The molecule has 0 aliphatic rings. The maximum Gasteiger partial charge on any atom is 0.264 e. The molecule has 4 rings (SSSR count). The van der Waals surface area contributed by atoms with Gasteiger partial charge in [0.1, 0.15) is 6.54 Å². The molecule has 0 spiro atoms. The Morgan fingerprint density at radius 3 is 2.00 bits per heavy atom. The number of nitrogens with one attached hydrogen (secondary N) is 1. The van der Waals surface area contributed by atoms with Crippen LogP contribution >= 0.6 is 11.6 Å². The van der Waals surface area contributed by atoms with Crippen molar-refractivity contribution >= 4 is 33.2 Å². The van der Waals surface area contributed by atoms with Gasteiger partial charge < -0.3 is 5.32 Å². The minimum atomic E-state index is -4.04. The monoisotopic (exact) mass is 518 g/mol. The van der Waals surface area contributed by atoms with E-state index < -0.39 is 28.5 Å². The summed E-state index contributed by atoms with van der Waals surface area (Å²) in [7, 11) is -4.04. The van der Waals surface area contributed by atoms with Crippen molar-refractivity contribution in [1.29, 1.82) is 0 Å². The molecule has 0 fully saturated rings. The topological polar surface area (TPSA) is 66.5 Å². The average Bonchev–Trinajstić information content (AvgIpc) is 2.87. The molecule has 4 aromatic rings. The number of nitrogens with zero attached hydrogens (tertiary/aromatic N) is 1. The van der Waals surface area contributed by atoms with Crippen molar-refractivity contribution in [3.8, 4) is 0 Å². The minimum Gasteiger partial charge on any atom is -0.344 e. The van der Waals surface area contributed by atoms with Crippen LogP contribution in [0.5, 0.6) is 0 Å². The summed E-state index contributed by atoms with van der Waals surface area (Å²) < 4.78 is 28.4. The zero-order chi connectivity index (χ0) is 25.7. The minimum absolute atomic E-state index is 0.0963. The Bertz CT molecular complexity index is 1440. The Morgan fingerprint density at radius 1 is 0.806 bits per heavy atom. The van der Waals surface area contributed by atoms with Crippen LogP contribution in [0.15, 0.2) is 108 Å². The molecular formula is C29H27ClN2O3S. The highest BCUT2D eigenvalue weighted by Gasteiger charge is 2.28. The molecule has 0 saturated carbocycles. The van der Waals surface area contributed by atoms with Gasteiger partial charge in [0, 0.05) is 5.02 Å². The van der Waals surface area contributed by atoms with E-state index in [4.69, 9.17) is 11.6 Å². The number of benzene rings is 4. The van der Waals surface area contributed by atoms with Gasteiger partial charge in [-0.25, -0.2) is 8.42 Å². The Kier molecular flexibility index (Phi) is 7.77. The molecule has 184 valence electrons. The van der Waals surface area contributed by atoms with Crippen LogP contribution in [0, 0.1) is 13.8 Å². The molecule has 0 saturated heterocycles. The highest BCUT2D eigenvalue weighted by molar-refractivity contribution is 7.92. The second-order valence-electron chi connectivity index (χ2n) is 8.63. The molecule has 0 aromatic heterocycles. The fourth-order valence-electron chi connectivity index (χ4n) is 3.88. The Hall–Kier alpha value is -3.61. The maximum atomic E-state index is 13.7. The van der Waals surface area contributed by atoms with Crippen LogP contribution in [0.3, 0.4) is 0 Å². The van der Waals surface area contributed by atoms with E-state index in [1.54, 1.807) is 42.5 Å². The lowest BCUT2D eigenvalue weighted by Gasteiger charge is -2.26. The first-order valence-corrected chi connectivity index (χ1v) is 13.3. The van der Waals surface area contributed by atoms with E-state index in [-0.39, 0.29) is 4.90 Å². The van der Waals surface area contributed by atoms with Crippen molar-refractivity contribution < 1.29 is 13.2 Å². The number of amides is 1. The highest BCUT2D eigenvalue weighted by Crippen LogP contribution is 2.27. The van der Waals surface area contributed by atoms with Crippen molar-refractivity contribution in [2.75, 3.05) is 10.8 Å². The van der Waals surface area contributed by atoms with Crippen LogP contribution in [0.2, 0.25) is 5.02 Å². The Morgan fingerprint density at radius 2 is 1.39 bits per heavy atom. The number of carbonyl (C=O) groups excluding carboxylic acids is 1. The number of aryl methyl sites for hydroxylation is 2. The van der Waals surface area contributed by atoms with E-state index in [1.807, 2.05) is 68.4 Å². The molecule has 0 heterocycles. The van der Waals surface area contributed by atoms with Gasteiger partial charge in [0.05, 0.1) is 16.6 Å². The molecule has 36 heavy (non-hydrogen) atoms. The lowest BCUT2D eigenvalue weighted by molar-refractivity contribution is -0.120. The number of rotatable bonds is 8. The quantitative estimate of drug-likeness (QED) is 0.308. The van der Waals surface area contributed by atoms with E-state index in [1.165, 1.54) is 6.07 Å². The summed E-state index contributed by atoms with van der Waals surface area (Å²) in [5, 5.41) is 3.41. The summed E-state index contributed by atoms with van der Waals surface area (Å²) in [6.45, 7) is 3.47. The van der Waals surface area contributed by atoms with Crippen LogP contribution in [-0.2, 0) is 14.8 Å². The Labute approximate surface area is 217 Å². The fourth-order valence-corrected chi connectivity index (χ4v) is 5.48. The zero-order valence-corrected chi connectivity index (χ0v) is 21.6. The second kappa shape index (κ2) is 11.0. The van der Waals surface area contributed by atoms with Crippen molar-refractivity contribution in [3.63, 3.8) is 0 Å². The third-order valence-electron chi connectivity index (χ3n) is 5.84. The fraction of sp³-hybridized carbons (Fsp3) is 0.138. The first-order chi connectivity index (χ1) is 17.2. The molecule has 5 nitrogen and oxygen atoms in total. The van der Waals surface area contributed by atoms with E-state index in [9.17, 15) is 13.2 Å². The van der Waals surface area contributed by atoms with Crippen molar-refractivity contribution in [2.24, 2.45) is 0 Å². The van der Waals surface area contributed by atoms with Crippen molar-refractivity contribution in [3.05, 3.63) is 130 Å². The van der Waals surface area contributed by atoms with E-state index >= 15 is 0 Å². The normalized spacial score (nSPS) is 12.1. The highest BCUT2D eigenvalue weighted by atomic mass is 35.5. The van der Waals surface area contributed by atoms with Gasteiger partial charge in [-0.1, -0.05) is 95.5 Å².